The number of likely N-dealkylation sites (tertiary alicyclic amines) is 1. The molecule has 13 nitrogen and oxygen atoms in total. The summed E-state index contributed by atoms with van der Waals surface area (Å²) in [6, 6.07) is -3.86. The molecule has 8 atom stereocenters. The van der Waals surface area contributed by atoms with Gasteiger partial charge in [0, 0.05) is 25.0 Å². The van der Waals surface area contributed by atoms with Crippen LogP contribution in [0.5, 0.6) is 0 Å². The quantitative estimate of drug-likeness (QED) is 0.174. The zero-order valence-corrected chi connectivity index (χ0v) is 30.3. The van der Waals surface area contributed by atoms with E-state index in [0.717, 1.165) is 51.4 Å². The molecule has 1 aromatic heterocycles. The maximum atomic E-state index is 14.4. The summed E-state index contributed by atoms with van der Waals surface area (Å²) >= 11 is 0. The van der Waals surface area contributed by atoms with E-state index in [9.17, 15) is 29.1 Å². The highest BCUT2D eigenvalue weighted by atomic mass is 16.3. The lowest BCUT2D eigenvalue weighted by Crippen LogP contribution is -2.60. The molecule has 13 heteroatoms. The third-order valence-electron chi connectivity index (χ3n) is 10.9. The summed E-state index contributed by atoms with van der Waals surface area (Å²) < 4.78 is 0. The first-order valence-corrected chi connectivity index (χ1v) is 18.5. The monoisotopic (exact) mass is 695 g/mol. The lowest BCUT2D eigenvalue weighted by atomic mass is 9.83. The average Bonchev–Trinajstić information content (AvgIpc) is 3.71. The molecule has 0 aromatic carbocycles. The van der Waals surface area contributed by atoms with Crippen LogP contribution in [0.2, 0.25) is 0 Å². The van der Waals surface area contributed by atoms with E-state index in [1.165, 1.54) is 18.6 Å². The van der Waals surface area contributed by atoms with Crippen LogP contribution in [-0.4, -0.2) is 92.4 Å². The Bertz CT molecular complexity index is 1370. The number of nitrogens with one attached hydrogen (secondary N) is 4. The number of hydrogen-bond acceptors (Lipinski definition) is 8. The zero-order valence-electron chi connectivity index (χ0n) is 30.3. The second kappa shape index (κ2) is 17.9. The number of carbonyl (C=O) groups is 5. The van der Waals surface area contributed by atoms with E-state index in [0.29, 0.717) is 25.0 Å². The van der Waals surface area contributed by atoms with Crippen molar-refractivity contribution in [3.05, 3.63) is 36.4 Å². The summed E-state index contributed by atoms with van der Waals surface area (Å²) in [6.45, 7) is 13.8. The van der Waals surface area contributed by atoms with Gasteiger partial charge in [-0.2, -0.15) is 0 Å². The van der Waals surface area contributed by atoms with Gasteiger partial charge in [0.1, 0.15) is 23.8 Å². The lowest BCUT2D eigenvalue weighted by molar-refractivity contribution is -0.143. The standard InChI is InChI=1S/C37H57N7O6/c1-7-12-27(32(45)36(49)40-23(6)21(2)3)41-35(48)31-26-16-11-15-25(26)20-44(31)37(50)29(22(4)5)42-34(47)30(24-13-9-8-10-14-24)43-33(46)28-19-38-17-18-39-28/h17-19,21,23-27,29-32,45H,4,7-16,20H2,1-3,5-6H3,(H,40,49)(H,41,48)(H,42,47)(H,43,46)/t23-,25-,26-,27-,29-,30-,31-,32?/m0/s1. The minimum Gasteiger partial charge on any atom is -0.381 e. The van der Waals surface area contributed by atoms with Gasteiger partial charge in [-0.25, -0.2) is 4.98 Å². The molecule has 1 unspecified atom stereocenters. The van der Waals surface area contributed by atoms with E-state index in [1.54, 1.807) is 11.8 Å². The summed E-state index contributed by atoms with van der Waals surface area (Å²) in [4.78, 5) is 78.2. The minimum atomic E-state index is -1.46. The molecule has 5 N–H and O–H groups in total. The third-order valence-corrected chi connectivity index (χ3v) is 10.9. The van der Waals surface area contributed by atoms with Crippen molar-refractivity contribution >= 4 is 29.5 Å². The van der Waals surface area contributed by atoms with Crippen LogP contribution >= 0.6 is 0 Å². The molecule has 1 aliphatic heterocycles. The van der Waals surface area contributed by atoms with Crippen LogP contribution in [0, 0.1) is 23.7 Å². The molecule has 2 saturated carbocycles. The molecule has 2 aliphatic carbocycles. The predicted octanol–water partition coefficient (Wildman–Crippen LogP) is 2.65. The molecular formula is C37H57N7O6. The van der Waals surface area contributed by atoms with Crippen LogP contribution in [0.4, 0.5) is 0 Å². The van der Waals surface area contributed by atoms with Gasteiger partial charge in [-0.1, -0.05) is 59.5 Å². The Morgan fingerprint density at radius 3 is 2.28 bits per heavy atom. The molecule has 4 rings (SSSR count). The molecule has 276 valence electrons. The second-order valence-corrected chi connectivity index (χ2v) is 14.9. The minimum absolute atomic E-state index is 0.0871. The maximum Gasteiger partial charge on any atom is 0.272 e. The Hall–Kier alpha value is -3.87. The number of rotatable bonds is 15. The molecular weight excluding hydrogens is 638 g/mol. The number of aliphatic hydroxyl groups is 1. The summed E-state index contributed by atoms with van der Waals surface area (Å²) in [5, 5.41) is 22.6. The Morgan fingerprint density at radius 2 is 1.66 bits per heavy atom. The highest BCUT2D eigenvalue weighted by molar-refractivity contribution is 5.98. The van der Waals surface area contributed by atoms with E-state index >= 15 is 0 Å². The molecule has 1 aromatic rings. The first-order valence-electron chi connectivity index (χ1n) is 18.5. The molecule has 5 amide bonds. The van der Waals surface area contributed by atoms with Crippen molar-refractivity contribution in [3.8, 4) is 0 Å². The van der Waals surface area contributed by atoms with Crippen LogP contribution in [0.1, 0.15) is 109 Å². The van der Waals surface area contributed by atoms with Gasteiger partial charge in [-0.3, -0.25) is 29.0 Å². The topological polar surface area (TPSA) is 183 Å². The van der Waals surface area contributed by atoms with Gasteiger partial charge >= 0.3 is 0 Å². The lowest BCUT2D eigenvalue weighted by Gasteiger charge is -2.34. The number of fused-ring (bicyclic) bond motifs is 1. The second-order valence-electron chi connectivity index (χ2n) is 14.9. The van der Waals surface area contributed by atoms with Gasteiger partial charge in [0.15, 0.2) is 6.10 Å². The molecule has 3 fully saturated rings. The molecule has 0 radical (unpaired) electrons. The van der Waals surface area contributed by atoms with Crippen molar-refractivity contribution in [2.75, 3.05) is 6.54 Å². The fraction of sp³-hybridized carbons (Fsp3) is 0.703. The molecule has 50 heavy (non-hydrogen) atoms. The van der Waals surface area contributed by atoms with Gasteiger partial charge in [0.25, 0.3) is 11.8 Å². The number of aliphatic hydroxyl groups excluding tert-OH is 1. The van der Waals surface area contributed by atoms with Crippen LogP contribution in [0.25, 0.3) is 0 Å². The molecule has 1 saturated heterocycles. The number of nitrogens with zero attached hydrogens (tertiary/aromatic N) is 3. The first kappa shape index (κ1) is 38.9. The normalized spacial score (nSPS) is 23.6. The van der Waals surface area contributed by atoms with Crippen molar-refractivity contribution in [2.24, 2.45) is 23.7 Å². The van der Waals surface area contributed by atoms with E-state index in [4.69, 9.17) is 0 Å². The SMILES string of the molecule is C=C(C)[C@H](NC(=O)[C@@H](NC(=O)c1cnccn1)C1CCCCC1)C(=O)N1C[C@@H]2CCC[C@@H]2[C@H]1C(=O)N[C@@H](CCC)C(O)C(=O)N[C@@H](C)C(C)C. The largest absolute Gasteiger partial charge is 0.381 e. The third kappa shape index (κ3) is 9.46. The summed E-state index contributed by atoms with van der Waals surface area (Å²) in [5.41, 5.74) is 0.488. The van der Waals surface area contributed by atoms with Crippen molar-refractivity contribution in [1.29, 1.82) is 0 Å². The summed E-state index contributed by atoms with van der Waals surface area (Å²) in [6.07, 6.45) is 10.7. The van der Waals surface area contributed by atoms with Crippen LogP contribution in [0.3, 0.4) is 0 Å². The maximum absolute atomic E-state index is 14.4. The van der Waals surface area contributed by atoms with E-state index in [2.05, 4.69) is 37.8 Å². The predicted molar refractivity (Wildman–Crippen MR) is 188 cm³/mol. The smallest absolute Gasteiger partial charge is 0.272 e. The fourth-order valence-corrected chi connectivity index (χ4v) is 7.71. The average molecular weight is 696 g/mol. The fourth-order valence-electron chi connectivity index (χ4n) is 7.71. The zero-order chi connectivity index (χ0) is 36.5. The van der Waals surface area contributed by atoms with Crippen molar-refractivity contribution in [2.45, 2.75) is 135 Å². The Kier molecular flexibility index (Phi) is 13.9. The van der Waals surface area contributed by atoms with Crippen LogP contribution in [-0.2, 0) is 19.2 Å². The Morgan fingerprint density at radius 1 is 0.940 bits per heavy atom. The Balaban J connectivity index is 1.53. The van der Waals surface area contributed by atoms with Gasteiger partial charge in [0.05, 0.1) is 12.2 Å². The van der Waals surface area contributed by atoms with Gasteiger partial charge in [0.2, 0.25) is 17.7 Å². The van der Waals surface area contributed by atoms with Gasteiger partial charge in [-0.15, -0.1) is 0 Å². The van der Waals surface area contributed by atoms with Crippen LogP contribution < -0.4 is 21.3 Å². The molecule has 0 spiro atoms. The van der Waals surface area contributed by atoms with E-state index in [1.807, 2.05) is 27.7 Å². The van der Waals surface area contributed by atoms with Gasteiger partial charge < -0.3 is 31.3 Å². The van der Waals surface area contributed by atoms with E-state index in [-0.39, 0.29) is 35.4 Å². The first-order chi connectivity index (χ1) is 23.8. The number of hydrogen-bond donors (Lipinski definition) is 5. The highest BCUT2D eigenvalue weighted by Crippen LogP contribution is 2.43. The van der Waals surface area contributed by atoms with Gasteiger partial charge in [-0.05, 0) is 75.2 Å². The molecule has 0 bridgehead atoms. The summed E-state index contributed by atoms with van der Waals surface area (Å²) in [7, 11) is 0. The molecule has 3 aliphatic rings. The number of carbonyl (C=O) groups excluding carboxylic acids is 5. The summed E-state index contributed by atoms with van der Waals surface area (Å²) in [5.74, 6) is -2.37. The van der Waals surface area contributed by atoms with Crippen LogP contribution in [0.15, 0.2) is 30.7 Å². The Labute approximate surface area is 296 Å². The van der Waals surface area contributed by atoms with Crippen molar-refractivity contribution in [3.63, 3.8) is 0 Å². The van der Waals surface area contributed by atoms with E-state index < -0.39 is 59.8 Å². The number of amides is 5. The number of aromatic nitrogens is 2. The van der Waals surface area contributed by atoms with Crippen molar-refractivity contribution in [1.82, 2.24) is 36.1 Å². The van der Waals surface area contributed by atoms with Crippen molar-refractivity contribution < 1.29 is 29.1 Å². The highest BCUT2D eigenvalue weighted by Gasteiger charge is 2.51. The molecule has 2 heterocycles.